The molecule has 136 valence electrons. The summed E-state index contributed by atoms with van der Waals surface area (Å²) in [5, 5.41) is 0.662. The van der Waals surface area contributed by atoms with Crippen LogP contribution in [0.4, 0.5) is 5.13 Å². The van der Waals surface area contributed by atoms with Crippen molar-refractivity contribution in [2.24, 2.45) is 0 Å². The second-order valence-electron chi connectivity index (χ2n) is 6.22. The van der Waals surface area contributed by atoms with E-state index < -0.39 is 0 Å². The third kappa shape index (κ3) is 3.74. The molecule has 27 heavy (non-hydrogen) atoms. The molecule has 0 spiro atoms. The van der Waals surface area contributed by atoms with Crippen molar-refractivity contribution < 1.29 is 4.79 Å². The molecule has 0 saturated carbocycles. The zero-order chi connectivity index (χ0) is 19.0. The van der Waals surface area contributed by atoms with Crippen LogP contribution < -0.4 is 4.90 Å². The van der Waals surface area contributed by atoms with Crippen LogP contribution in [0, 0.1) is 13.8 Å². The summed E-state index contributed by atoms with van der Waals surface area (Å²) in [5.41, 5.74) is 4.11. The SMILES string of the molecule is Cc1cc2nc(N(Cc3ccccn3)C(=O)c3ccc(Cl)s3)sc2cc1C. The predicted molar refractivity (Wildman–Crippen MR) is 113 cm³/mol. The molecular formula is C20H16ClN3OS2. The topological polar surface area (TPSA) is 46.1 Å². The number of hydrogen-bond donors (Lipinski definition) is 0. The van der Waals surface area contributed by atoms with Crippen LogP contribution in [0.5, 0.6) is 0 Å². The number of fused-ring (bicyclic) bond motifs is 1. The lowest BCUT2D eigenvalue weighted by Gasteiger charge is -2.18. The number of hydrogen-bond acceptors (Lipinski definition) is 5. The largest absolute Gasteiger partial charge is 0.277 e. The molecule has 4 rings (SSSR count). The molecule has 0 unspecified atom stereocenters. The Morgan fingerprint density at radius 2 is 1.93 bits per heavy atom. The number of thiophene rings is 1. The lowest BCUT2D eigenvalue weighted by Crippen LogP contribution is -2.30. The third-order valence-corrected chi connectivity index (χ3v) is 6.56. The van der Waals surface area contributed by atoms with Crippen molar-refractivity contribution >= 4 is 55.5 Å². The predicted octanol–water partition coefficient (Wildman–Crippen LogP) is 5.87. The van der Waals surface area contributed by atoms with Crippen LogP contribution >= 0.6 is 34.3 Å². The van der Waals surface area contributed by atoms with Gasteiger partial charge in [0.2, 0.25) is 0 Å². The summed E-state index contributed by atoms with van der Waals surface area (Å²) in [6, 6.07) is 13.4. The van der Waals surface area contributed by atoms with Crippen LogP contribution in [-0.2, 0) is 6.54 Å². The van der Waals surface area contributed by atoms with E-state index in [0.717, 1.165) is 15.9 Å². The minimum absolute atomic E-state index is 0.120. The molecule has 3 aromatic heterocycles. The van der Waals surface area contributed by atoms with E-state index in [1.54, 1.807) is 23.2 Å². The summed E-state index contributed by atoms with van der Waals surface area (Å²) in [6.07, 6.45) is 1.73. The van der Waals surface area contributed by atoms with E-state index in [9.17, 15) is 4.79 Å². The van der Waals surface area contributed by atoms with Gasteiger partial charge in [-0.3, -0.25) is 14.7 Å². The van der Waals surface area contributed by atoms with Crippen LogP contribution in [0.2, 0.25) is 4.34 Å². The molecule has 0 radical (unpaired) electrons. The first kappa shape index (κ1) is 18.1. The molecule has 0 bridgehead atoms. The average molecular weight is 414 g/mol. The molecule has 0 aliphatic heterocycles. The van der Waals surface area contributed by atoms with Crippen molar-refractivity contribution in [1.82, 2.24) is 9.97 Å². The van der Waals surface area contributed by atoms with Gasteiger partial charge in [0.1, 0.15) is 0 Å². The van der Waals surface area contributed by atoms with E-state index >= 15 is 0 Å². The monoisotopic (exact) mass is 413 g/mol. The Balaban J connectivity index is 1.78. The van der Waals surface area contributed by atoms with Crippen LogP contribution in [0.15, 0.2) is 48.7 Å². The number of thiazole rings is 1. The van der Waals surface area contributed by atoms with E-state index in [1.807, 2.05) is 18.2 Å². The number of aryl methyl sites for hydroxylation is 2. The van der Waals surface area contributed by atoms with E-state index in [-0.39, 0.29) is 5.91 Å². The lowest BCUT2D eigenvalue weighted by molar-refractivity contribution is 0.0988. The summed E-state index contributed by atoms with van der Waals surface area (Å²) in [4.78, 5) is 24.6. The Labute approximate surface area is 170 Å². The molecule has 7 heteroatoms. The molecule has 1 amide bonds. The van der Waals surface area contributed by atoms with E-state index in [1.165, 1.54) is 33.8 Å². The second-order valence-corrected chi connectivity index (χ2v) is 8.94. The first-order valence-corrected chi connectivity index (χ1v) is 10.4. The van der Waals surface area contributed by atoms with Gasteiger partial charge in [-0.1, -0.05) is 29.0 Å². The van der Waals surface area contributed by atoms with E-state index in [0.29, 0.717) is 20.9 Å². The van der Waals surface area contributed by atoms with Crippen LogP contribution in [0.25, 0.3) is 10.2 Å². The molecule has 0 atom stereocenters. The maximum atomic E-state index is 13.2. The van der Waals surface area contributed by atoms with Crippen molar-refractivity contribution in [1.29, 1.82) is 0 Å². The summed E-state index contributed by atoms with van der Waals surface area (Å²) < 4.78 is 1.66. The van der Waals surface area contributed by atoms with Gasteiger partial charge in [-0.25, -0.2) is 4.98 Å². The molecule has 0 saturated heterocycles. The maximum Gasteiger partial charge on any atom is 0.270 e. The Bertz CT molecular complexity index is 1080. The van der Waals surface area contributed by atoms with Crippen LogP contribution in [-0.4, -0.2) is 15.9 Å². The van der Waals surface area contributed by atoms with Crippen LogP contribution in [0.1, 0.15) is 26.5 Å². The number of benzene rings is 1. The van der Waals surface area contributed by atoms with Gasteiger partial charge in [0.25, 0.3) is 5.91 Å². The highest BCUT2D eigenvalue weighted by Gasteiger charge is 2.23. The smallest absolute Gasteiger partial charge is 0.270 e. The fourth-order valence-electron chi connectivity index (χ4n) is 2.73. The number of anilines is 1. The molecule has 3 heterocycles. The minimum atomic E-state index is -0.120. The van der Waals surface area contributed by atoms with Crippen molar-refractivity contribution in [3.05, 3.63) is 74.7 Å². The molecule has 0 fully saturated rings. The zero-order valence-corrected chi connectivity index (χ0v) is 17.2. The minimum Gasteiger partial charge on any atom is -0.277 e. The Morgan fingerprint density at radius 1 is 1.11 bits per heavy atom. The van der Waals surface area contributed by atoms with Crippen molar-refractivity contribution in [2.75, 3.05) is 4.90 Å². The molecule has 0 aliphatic carbocycles. The van der Waals surface area contributed by atoms with Gasteiger partial charge in [-0.05, 0) is 61.4 Å². The van der Waals surface area contributed by atoms with Crippen LogP contribution in [0.3, 0.4) is 0 Å². The molecule has 4 nitrogen and oxygen atoms in total. The van der Waals surface area contributed by atoms with Crippen molar-refractivity contribution in [2.45, 2.75) is 20.4 Å². The number of pyridine rings is 1. The molecule has 0 aliphatic rings. The van der Waals surface area contributed by atoms with Gasteiger partial charge in [-0.2, -0.15) is 0 Å². The van der Waals surface area contributed by atoms with Gasteiger partial charge in [-0.15, -0.1) is 11.3 Å². The first-order valence-electron chi connectivity index (χ1n) is 8.36. The quantitative estimate of drug-likeness (QED) is 0.420. The molecule has 0 N–H and O–H groups in total. The fourth-order valence-corrected chi connectivity index (χ4v) is 4.76. The number of amides is 1. The van der Waals surface area contributed by atoms with Gasteiger partial charge < -0.3 is 0 Å². The zero-order valence-electron chi connectivity index (χ0n) is 14.8. The highest BCUT2D eigenvalue weighted by atomic mass is 35.5. The third-order valence-electron chi connectivity index (χ3n) is 4.30. The molecular weight excluding hydrogens is 398 g/mol. The van der Waals surface area contributed by atoms with Gasteiger partial charge in [0.05, 0.1) is 31.7 Å². The summed E-state index contributed by atoms with van der Waals surface area (Å²) in [5.74, 6) is -0.120. The molecule has 4 aromatic rings. The molecule has 1 aromatic carbocycles. The summed E-state index contributed by atoms with van der Waals surface area (Å²) in [6.45, 7) is 4.50. The van der Waals surface area contributed by atoms with Gasteiger partial charge in [0, 0.05) is 6.20 Å². The average Bonchev–Trinajstić information content (AvgIpc) is 3.26. The normalized spacial score (nSPS) is 11.1. The number of rotatable bonds is 4. The van der Waals surface area contributed by atoms with Gasteiger partial charge in [0.15, 0.2) is 5.13 Å². The van der Waals surface area contributed by atoms with Crippen molar-refractivity contribution in [3.63, 3.8) is 0 Å². The highest BCUT2D eigenvalue weighted by Crippen LogP contribution is 2.33. The Kier molecular flexibility index (Phi) is 4.95. The summed E-state index contributed by atoms with van der Waals surface area (Å²) >= 11 is 8.82. The number of halogens is 1. The number of nitrogens with zero attached hydrogens (tertiary/aromatic N) is 3. The fraction of sp³-hybridized carbons (Fsp3) is 0.150. The maximum absolute atomic E-state index is 13.2. The van der Waals surface area contributed by atoms with Gasteiger partial charge >= 0.3 is 0 Å². The Hall–Kier alpha value is -2.28. The number of aromatic nitrogens is 2. The lowest BCUT2D eigenvalue weighted by atomic mass is 10.1. The second kappa shape index (κ2) is 7.38. The number of carbonyl (C=O) groups excluding carboxylic acids is 1. The van der Waals surface area contributed by atoms with E-state index in [4.69, 9.17) is 16.6 Å². The van der Waals surface area contributed by atoms with Crippen molar-refractivity contribution in [3.8, 4) is 0 Å². The highest BCUT2D eigenvalue weighted by molar-refractivity contribution is 7.22. The Morgan fingerprint density at radius 3 is 2.63 bits per heavy atom. The first-order chi connectivity index (χ1) is 13.0. The van der Waals surface area contributed by atoms with E-state index in [2.05, 4.69) is 31.0 Å². The summed E-state index contributed by atoms with van der Waals surface area (Å²) in [7, 11) is 0. The standard InChI is InChI=1S/C20H16ClN3OS2/c1-12-9-15-17(10-13(12)2)27-20(23-15)24(11-14-5-3-4-8-22-14)19(25)16-6-7-18(21)26-16/h3-10H,11H2,1-2H3. The number of carbonyl (C=O) groups is 1.